The third-order valence-electron chi connectivity index (χ3n) is 4.50. The highest BCUT2D eigenvalue weighted by molar-refractivity contribution is 5.95. The molecule has 7 heteroatoms. The molecule has 132 valence electrons. The fourth-order valence-corrected chi connectivity index (χ4v) is 3.18. The van der Waals surface area contributed by atoms with Crippen molar-refractivity contribution in [1.29, 1.82) is 0 Å². The Balaban J connectivity index is 1.75. The number of hydrogen-bond acceptors (Lipinski definition) is 4. The van der Waals surface area contributed by atoms with Gasteiger partial charge in [-0.1, -0.05) is 24.6 Å². The van der Waals surface area contributed by atoms with E-state index in [-0.39, 0.29) is 17.6 Å². The molecule has 1 saturated carbocycles. The highest BCUT2D eigenvalue weighted by Crippen LogP contribution is 2.25. The van der Waals surface area contributed by atoms with Crippen molar-refractivity contribution in [3.63, 3.8) is 0 Å². The minimum atomic E-state index is -0.801. The van der Waals surface area contributed by atoms with E-state index in [1.165, 1.54) is 7.11 Å². The maximum absolute atomic E-state index is 12.6. The van der Waals surface area contributed by atoms with E-state index >= 15 is 0 Å². The molecule has 1 aliphatic carbocycles. The van der Waals surface area contributed by atoms with Gasteiger partial charge in [-0.15, -0.1) is 0 Å². The first kappa shape index (κ1) is 17.0. The number of aromatic nitrogens is 2. The monoisotopic (exact) mass is 343 g/mol. The van der Waals surface area contributed by atoms with Crippen LogP contribution in [0.2, 0.25) is 0 Å². The van der Waals surface area contributed by atoms with Crippen LogP contribution in [0.25, 0.3) is 5.69 Å². The summed E-state index contributed by atoms with van der Waals surface area (Å²) >= 11 is 0. The van der Waals surface area contributed by atoms with Gasteiger partial charge in [-0.05, 0) is 31.4 Å². The van der Waals surface area contributed by atoms with E-state index in [0.717, 1.165) is 18.5 Å². The van der Waals surface area contributed by atoms with Crippen molar-refractivity contribution in [2.45, 2.75) is 31.7 Å². The van der Waals surface area contributed by atoms with Crippen molar-refractivity contribution in [2.24, 2.45) is 5.92 Å². The number of ether oxygens (including phenoxy) is 1. The third-order valence-corrected chi connectivity index (χ3v) is 4.50. The molecule has 1 heterocycles. The highest BCUT2D eigenvalue weighted by atomic mass is 16.5. The normalized spacial score (nSPS) is 20.0. The van der Waals surface area contributed by atoms with Gasteiger partial charge in [-0.25, -0.2) is 4.68 Å². The quantitative estimate of drug-likeness (QED) is 0.868. The van der Waals surface area contributed by atoms with E-state index in [2.05, 4.69) is 10.4 Å². The van der Waals surface area contributed by atoms with Crippen LogP contribution in [0.3, 0.4) is 0 Å². The summed E-state index contributed by atoms with van der Waals surface area (Å²) in [6.07, 6.45) is 4.33. The molecule has 1 fully saturated rings. The number of benzene rings is 1. The van der Waals surface area contributed by atoms with Crippen LogP contribution in [0.1, 0.15) is 36.2 Å². The first-order valence-electron chi connectivity index (χ1n) is 8.31. The molecule has 1 amide bonds. The van der Waals surface area contributed by atoms with Gasteiger partial charge in [0.15, 0.2) is 11.4 Å². The topological polar surface area (TPSA) is 93.5 Å². The number of methoxy groups -OCH3 is 1. The van der Waals surface area contributed by atoms with Crippen LogP contribution in [0.15, 0.2) is 36.5 Å². The zero-order valence-electron chi connectivity index (χ0n) is 14.0. The number of carbonyl (C=O) groups is 2. The number of aliphatic carboxylic acids is 1. The molecule has 2 aromatic rings. The molecular formula is C18H21N3O4. The first-order chi connectivity index (χ1) is 12.1. The zero-order chi connectivity index (χ0) is 17.8. The van der Waals surface area contributed by atoms with Crippen molar-refractivity contribution in [2.75, 3.05) is 7.11 Å². The molecule has 25 heavy (non-hydrogen) atoms. The zero-order valence-corrected chi connectivity index (χ0v) is 14.0. The van der Waals surface area contributed by atoms with Crippen molar-refractivity contribution in [3.05, 3.63) is 42.2 Å². The third kappa shape index (κ3) is 3.81. The van der Waals surface area contributed by atoms with Crippen LogP contribution in [0.5, 0.6) is 5.75 Å². The molecule has 0 unspecified atom stereocenters. The molecule has 1 aliphatic rings. The van der Waals surface area contributed by atoms with Crippen molar-refractivity contribution < 1.29 is 19.4 Å². The van der Waals surface area contributed by atoms with E-state index in [1.54, 1.807) is 10.9 Å². The predicted molar refractivity (Wildman–Crippen MR) is 91.0 cm³/mol. The van der Waals surface area contributed by atoms with Gasteiger partial charge in [-0.2, -0.15) is 5.10 Å². The molecule has 1 aromatic heterocycles. The Morgan fingerprint density at radius 3 is 2.72 bits per heavy atom. The lowest BCUT2D eigenvalue weighted by Crippen LogP contribution is -2.40. The summed E-state index contributed by atoms with van der Waals surface area (Å²) in [6, 6.07) is 9.28. The molecule has 3 rings (SSSR count). The van der Waals surface area contributed by atoms with Crippen molar-refractivity contribution >= 4 is 11.9 Å². The number of carboxylic acid groups (broad SMARTS) is 1. The van der Waals surface area contributed by atoms with Gasteiger partial charge in [0.1, 0.15) is 0 Å². The van der Waals surface area contributed by atoms with Gasteiger partial charge in [0.25, 0.3) is 5.91 Å². The summed E-state index contributed by atoms with van der Waals surface area (Å²) in [5.74, 6) is -1.16. The number of para-hydroxylation sites is 1. The second kappa shape index (κ2) is 7.38. The van der Waals surface area contributed by atoms with Crippen LogP contribution in [0.4, 0.5) is 0 Å². The van der Waals surface area contributed by atoms with E-state index in [0.29, 0.717) is 18.6 Å². The second-order valence-corrected chi connectivity index (χ2v) is 6.20. The van der Waals surface area contributed by atoms with Gasteiger partial charge in [0.05, 0.1) is 24.9 Å². The smallest absolute Gasteiger partial charge is 0.306 e. The molecule has 0 saturated heterocycles. The molecule has 0 radical (unpaired) electrons. The Morgan fingerprint density at radius 1 is 1.28 bits per heavy atom. The van der Waals surface area contributed by atoms with E-state index in [9.17, 15) is 14.7 Å². The number of nitrogens with zero attached hydrogens (tertiary/aromatic N) is 2. The van der Waals surface area contributed by atoms with Crippen LogP contribution in [-0.4, -0.2) is 39.9 Å². The Bertz CT molecular complexity index is 757. The van der Waals surface area contributed by atoms with Gasteiger partial charge < -0.3 is 15.2 Å². The first-order valence-corrected chi connectivity index (χ1v) is 8.31. The average Bonchev–Trinajstić information content (AvgIpc) is 3.07. The summed E-state index contributed by atoms with van der Waals surface area (Å²) in [7, 11) is 1.49. The summed E-state index contributed by atoms with van der Waals surface area (Å²) in [4.78, 5) is 23.8. The van der Waals surface area contributed by atoms with E-state index in [4.69, 9.17) is 4.74 Å². The van der Waals surface area contributed by atoms with E-state index in [1.807, 2.05) is 30.3 Å². The molecule has 0 spiro atoms. The van der Waals surface area contributed by atoms with Gasteiger partial charge in [0, 0.05) is 6.04 Å². The Morgan fingerprint density at radius 2 is 2.04 bits per heavy atom. The summed E-state index contributed by atoms with van der Waals surface area (Å²) < 4.78 is 6.87. The SMILES string of the molecule is COc1cn(-c2ccccc2)nc1C(=O)N[C@@H]1CCC[C@H](C(=O)O)C1. The molecular weight excluding hydrogens is 322 g/mol. The summed E-state index contributed by atoms with van der Waals surface area (Å²) in [6.45, 7) is 0. The van der Waals surface area contributed by atoms with Crippen LogP contribution >= 0.6 is 0 Å². The van der Waals surface area contributed by atoms with Crippen molar-refractivity contribution in [3.8, 4) is 11.4 Å². The second-order valence-electron chi connectivity index (χ2n) is 6.20. The molecule has 0 bridgehead atoms. The molecule has 7 nitrogen and oxygen atoms in total. The lowest BCUT2D eigenvalue weighted by Gasteiger charge is -2.27. The van der Waals surface area contributed by atoms with Crippen LogP contribution in [-0.2, 0) is 4.79 Å². The van der Waals surface area contributed by atoms with Gasteiger partial charge in [-0.3, -0.25) is 9.59 Å². The van der Waals surface area contributed by atoms with Crippen LogP contribution in [0, 0.1) is 5.92 Å². The van der Waals surface area contributed by atoms with Crippen LogP contribution < -0.4 is 10.1 Å². The lowest BCUT2D eigenvalue weighted by atomic mass is 9.86. The fraction of sp³-hybridized carbons (Fsp3) is 0.389. The minimum Gasteiger partial charge on any atom is -0.493 e. The average molecular weight is 343 g/mol. The molecule has 0 aliphatic heterocycles. The fourth-order valence-electron chi connectivity index (χ4n) is 3.18. The summed E-state index contributed by atoms with van der Waals surface area (Å²) in [5, 5.41) is 16.4. The Labute approximate surface area is 145 Å². The molecule has 2 atom stereocenters. The number of amides is 1. The Kier molecular flexibility index (Phi) is 5.02. The number of rotatable bonds is 5. The Hall–Kier alpha value is -2.83. The van der Waals surface area contributed by atoms with Gasteiger partial charge >= 0.3 is 5.97 Å². The minimum absolute atomic E-state index is 0.158. The predicted octanol–water partition coefficient (Wildman–Crippen LogP) is 2.25. The molecule has 1 aromatic carbocycles. The van der Waals surface area contributed by atoms with E-state index < -0.39 is 11.9 Å². The number of nitrogens with one attached hydrogen (secondary N) is 1. The maximum Gasteiger partial charge on any atom is 0.306 e. The standard InChI is InChI=1S/C18H21N3O4/c1-25-15-11-21(14-8-3-2-4-9-14)20-16(15)17(22)19-13-7-5-6-12(10-13)18(23)24/h2-4,8-9,11-13H,5-7,10H2,1H3,(H,19,22)(H,23,24)/t12-,13+/m0/s1. The molecule has 2 N–H and O–H groups in total. The number of hydrogen-bond donors (Lipinski definition) is 2. The highest BCUT2D eigenvalue weighted by Gasteiger charge is 2.29. The largest absolute Gasteiger partial charge is 0.493 e. The number of carboxylic acids is 1. The summed E-state index contributed by atoms with van der Waals surface area (Å²) in [5.41, 5.74) is 1.02. The maximum atomic E-state index is 12.6. The number of carbonyl (C=O) groups excluding carboxylic acids is 1. The van der Waals surface area contributed by atoms with Crippen molar-refractivity contribution in [1.82, 2.24) is 15.1 Å². The lowest BCUT2D eigenvalue weighted by molar-refractivity contribution is -0.143. The van der Waals surface area contributed by atoms with Gasteiger partial charge in [0.2, 0.25) is 0 Å².